The molecule has 2 N–H and O–H groups in total. The lowest BCUT2D eigenvalue weighted by atomic mass is 9.96. The third-order valence-corrected chi connectivity index (χ3v) is 3.34. The smallest absolute Gasteiger partial charge is 0.231 e. The van der Waals surface area contributed by atoms with Crippen LogP contribution in [0, 0.1) is 12.8 Å². The molecule has 1 atom stereocenters. The second-order valence-corrected chi connectivity index (χ2v) is 4.72. The SMILES string of the molecule is Cc1[nH]ncc1NC(=O)[C@@H]1COc2ccccc2C1. The van der Waals surface area contributed by atoms with Crippen LogP contribution in [-0.2, 0) is 11.2 Å². The average molecular weight is 257 g/mol. The molecule has 0 spiro atoms. The summed E-state index contributed by atoms with van der Waals surface area (Å²) in [5, 5.41) is 9.56. The third kappa shape index (κ3) is 2.31. The summed E-state index contributed by atoms with van der Waals surface area (Å²) in [7, 11) is 0. The molecular weight excluding hydrogens is 242 g/mol. The number of benzene rings is 1. The lowest BCUT2D eigenvalue weighted by Gasteiger charge is -2.24. The van der Waals surface area contributed by atoms with Crippen molar-refractivity contribution in [3.63, 3.8) is 0 Å². The Morgan fingerprint density at radius 1 is 1.47 bits per heavy atom. The van der Waals surface area contributed by atoms with Crippen molar-refractivity contribution >= 4 is 11.6 Å². The number of aryl methyl sites for hydroxylation is 1. The van der Waals surface area contributed by atoms with E-state index in [1.54, 1.807) is 6.20 Å². The molecule has 2 heterocycles. The van der Waals surface area contributed by atoms with E-state index in [0.29, 0.717) is 13.0 Å². The minimum atomic E-state index is -0.163. The van der Waals surface area contributed by atoms with E-state index in [4.69, 9.17) is 4.74 Å². The van der Waals surface area contributed by atoms with Gasteiger partial charge in [-0.25, -0.2) is 0 Å². The van der Waals surface area contributed by atoms with Crippen molar-refractivity contribution in [2.45, 2.75) is 13.3 Å². The number of para-hydroxylation sites is 1. The molecule has 0 fully saturated rings. The van der Waals surface area contributed by atoms with Gasteiger partial charge in [0, 0.05) is 0 Å². The Morgan fingerprint density at radius 2 is 2.32 bits per heavy atom. The molecule has 0 unspecified atom stereocenters. The normalized spacial score (nSPS) is 17.4. The number of aromatic nitrogens is 2. The van der Waals surface area contributed by atoms with Crippen LogP contribution in [-0.4, -0.2) is 22.7 Å². The van der Waals surface area contributed by atoms with Crippen molar-refractivity contribution in [3.05, 3.63) is 41.7 Å². The Bertz CT molecular complexity index is 606. The summed E-state index contributed by atoms with van der Waals surface area (Å²) in [5.41, 5.74) is 2.66. The number of rotatable bonds is 2. The van der Waals surface area contributed by atoms with Crippen molar-refractivity contribution in [2.24, 2.45) is 5.92 Å². The molecule has 2 aromatic rings. The van der Waals surface area contributed by atoms with Gasteiger partial charge in [-0.15, -0.1) is 0 Å². The van der Waals surface area contributed by atoms with E-state index in [0.717, 1.165) is 22.7 Å². The first kappa shape index (κ1) is 11.8. The first-order valence-electron chi connectivity index (χ1n) is 6.25. The lowest BCUT2D eigenvalue weighted by molar-refractivity contribution is -0.121. The Labute approximate surface area is 111 Å². The van der Waals surface area contributed by atoms with Crippen molar-refractivity contribution in [3.8, 4) is 5.75 Å². The summed E-state index contributed by atoms with van der Waals surface area (Å²) in [5.74, 6) is 0.689. The first-order valence-corrected chi connectivity index (χ1v) is 6.25. The molecule has 0 bridgehead atoms. The minimum absolute atomic E-state index is 0.0287. The molecule has 19 heavy (non-hydrogen) atoms. The molecule has 98 valence electrons. The van der Waals surface area contributed by atoms with Crippen molar-refractivity contribution in [1.82, 2.24) is 10.2 Å². The zero-order valence-corrected chi connectivity index (χ0v) is 10.6. The number of fused-ring (bicyclic) bond motifs is 1. The monoisotopic (exact) mass is 257 g/mol. The standard InChI is InChI=1S/C14H15N3O2/c1-9-12(7-15-17-9)16-14(18)11-6-10-4-2-3-5-13(10)19-8-11/h2-5,7,11H,6,8H2,1H3,(H,15,17)(H,16,18)/t11-/m0/s1. The number of nitrogens with zero attached hydrogens (tertiary/aromatic N) is 1. The Kier molecular flexibility index (Phi) is 2.95. The summed E-state index contributed by atoms with van der Waals surface area (Å²) in [4.78, 5) is 12.2. The fourth-order valence-electron chi connectivity index (χ4n) is 2.21. The van der Waals surface area contributed by atoms with Crippen LogP contribution in [0.3, 0.4) is 0 Å². The molecule has 0 saturated heterocycles. The maximum Gasteiger partial charge on any atom is 0.231 e. The van der Waals surface area contributed by atoms with Crippen molar-refractivity contribution in [1.29, 1.82) is 0 Å². The highest BCUT2D eigenvalue weighted by molar-refractivity contribution is 5.93. The number of amides is 1. The van der Waals surface area contributed by atoms with Crippen LogP contribution in [0.15, 0.2) is 30.5 Å². The quantitative estimate of drug-likeness (QED) is 0.863. The Balaban J connectivity index is 1.71. The number of hydrogen-bond acceptors (Lipinski definition) is 3. The van der Waals surface area contributed by atoms with Crippen LogP contribution in [0.2, 0.25) is 0 Å². The van der Waals surface area contributed by atoms with E-state index in [-0.39, 0.29) is 11.8 Å². The van der Waals surface area contributed by atoms with Gasteiger partial charge < -0.3 is 10.1 Å². The van der Waals surface area contributed by atoms with Gasteiger partial charge >= 0.3 is 0 Å². The lowest BCUT2D eigenvalue weighted by Crippen LogP contribution is -2.32. The van der Waals surface area contributed by atoms with Gasteiger partial charge in [-0.3, -0.25) is 9.89 Å². The molecule has 5 nitrogen and oxygen atoms in total. The van der Waals surface area contributed by atoms with Crippen LogP contribution in [0.5, 0.6) is 5.75 Å². The van der Waals surface area contributed by atoms with E-state index < -0.39 is 0 Å². The first-order chi connectivity index (χ1) is 9.24. The van der Waals surface area contributed by atoms with Gasteiger partial charge in [-0.05, 0) is 25.0 Å². The second-order valence-electron chi connectivity index (χ2n) is 4.72. The fraction of sp³-hybridized carbons (Fsp3) is 0.286. The van der Waals surface area contributed by atoms with Gasteiger partial charge in [0.1, 0.15) is 12.4 Å². The molecule has 3 rings (SSSR count). The van der Waals surface area contributed by atoms with Crippen LogP contribution in [0.25, 0.3) is 0 Å². The summed E-state index contributed by atoms with van der Waals surface area (Å²) in [6.07, 6.45) is 2.32. The van der Waals surface area contributed by atoms with Gasteiger partial charge in [0.05, 0.1) is 23.5 Å². The van der Waals surface area contributed by atoms with E-state index in [2.05, 4.69) is 15.5 Å². The Morgan fingerprint density at radius 3 is 3.11 bits per heavy atom. The van der Waals surface area contributed by atoms with Crippen LogP contribution in [0.4, 0.5) is 5.69 Å². The average Bonchev–Trinajstić information content (AvgIpc) is 2.84. The topological polar surface area (TPSA) is 67.0 Å². The number of anilines is 1. The van der Waals surface area contributed by atoms with E-state index in [1.807, 2.05) is 31.2 Å². The van der Waals surface area contributed by atoms with E-state index >= 15 is 0 Å². The molecule has 5 heteroatoms. The molecular formula is C14H15N3O2. The summed E-state index contributed by atoms with van der Waals surface area (Å²) >= 11 is 0. The molecule has 0 aliphatic carbocycles. The van der Waals surface area contributed by atoms with Crippen molar-refractivity contribution in [2.75, 3.05) is 11.9 Å². The zero-order valence-electron chi connectivity index (χ0n) is 10.6. The molecule has 1 aliphatic heterocycles. The van der Waals surface area contributed by atoms with Gasteiger partial charge in [0.15, 0.2) is 0 Å². The minimum Gasteiger partial charge on any atom is -0.492 e. The van der Waals surface area contributed by atoms with Gasteiger partial charge in [-0.1, -0.05) is 18.2 Å². The Hall–Kier alpha value is -2.30. The predicted molar refractivity (Wildman–Crippen MR) is 71.1 cm³/mol. The largest absolute Gasteiger partial charge is 0.492 e. The number of carbonyl (C=O) groups is 1. The van der Waals surface area contributed by atoms with E-state index in [9.17, 15) is 4.79 Å². The molecule has 0 saturated carbocycles. The van der Waals surface area contributed by atoms with Gasteiger partial charge in [-0.2, -0.15) is 5.10 Å². The highest BCUT2D eigenvalue weighted by atomic mass is 16.5. The number of ether oxygens (including phenoxy) is 1. The highest BCUT2D eigenvalue weighted by Gasteiger charge is 2.26. The van der Waals surface area contributed by atoms with Crippen LogP contribution in [0.1, 0.15) is 11.3 Å². The molecule has 1 aromatic heterocycles. The number of H-pyrrole nitrogens is 1. The number of aromatic amines is 1. The second kappa shape index (κ2) is 4.76. The van der Waals surface area contributed by atoms with E-state index in [1.165, 1.54) is 0 Å². The number of nitrogens with one attached hydrogen (secondary N) is 2. The zero-order chi connectivity index (χ0) is 13.2. The van der Waals surface area contributed by atoms with Gasteiger partial charge in [0.25, 0.3) is 0 Å². The molecule has 1 aliphatic rings. The highest BCUT2D eigenvalue weighted by Crippen LogP contribution is 2.27. The van der Waals surface area contributed by atoms with Crippen LogP contribution >= 0.6 is 0 Å². The third-order valence-electron chi connectivity index (χ3n) is 3.34. The fourth-order valence-corrected chi connectivity index (χ4v) is 2.21. The predicted octanol–water partition coefficient (Wildman–Crippen LogP) is 1.91. The molecule has 1 amide bonds. The van der Waals surface area contributed by atoms with Crippen molar-refractivity contribution < 1.29 is 9.53 Å². The number of carbonyl (C=O) groups excluding carboxylic acids is 1. The maximum atomic E-state index is 12.2. The maximum absolute atomic E-state index is 12.2. The molecule has 0 radical (unpaired) electrons. The molecule has 1 aromatic carbocycles. The summed E-state index contributed by atoms with van der Waals surface area (Å²) in [6.45, 7) is 2.29. The summed E-state index contributed by atoms with van der Waals surface area (Å²) in [6, 6.07) is 7.83. The summed E-state index contributed by atoms with van der Waals surface area (Å²) < 4.78 is 5.62. The van der Waals surface area contributed by atoms with Gasteiger partial charge in [0.2, 0.25) is 5.91 Å². The van der Waals surface area contributed by atoms with Crippen LogP contribution < -0.4 is 10.1 Å². The number of hydrogen-bond donors (Lipinski definition) is 2.